The van der Waals surface area contributed by atoms with Crippen LogP contribution in [0.5, 0.6) is 0 Å². The Balaban J connectivity index is 1.87. The van der Waals surface area contributed by atoms with Crippen LogP contribution in [0.1, 0.15) is 25.7 Å². The molecular formula is C9H15NO. The molecule has 1 spiro atoms. The van der Waals surface area contributed by atoms with Crippen molar-refractivity contribution < 1.29 is 4.79 Å². The molecule has 1 saturated carbocycles. The molecular weight excluding hydrogens is 138 g/mol. The lowest BCUT2D eigenvalue weighted by Gasteiger charge is -2.38. The first kappa shape index (κ1) is 7.29. The van der Waals surface area contributed by atoms with E-state index >= 15 is 0 Å². The lowest BCUT2D eigenvalue weighted by molar-refractivity contribution is -0.108. The summed E-state index contributed by atoms with van der Waals surface area (Å²) in [6.07, 6.45) is 6.58. The Bertz CT molecular complexity index is 163. The van der Waals surface area contributed by atoms with Crippen LogP contribution in [0.3, 0.4) is 0 Å². The molecule has 0 aromatic heterocycles. The molecule has 2 aliphatic rings. The molecule has 0 atom stereocenters. The molecule has 0 amide bonds. The summed E-state index contributed by atoms with van der Waals surface area (Å²) in [6, 6.07) is 0. The molecule has 0 N–H and O–H groups in total. The highest BCUT2D eigenvalue weighted by Gasteiger charge is 2.42. The van der Waals surface area contributed by atoms with Gasteiger partial charge in [0.1, 0.15) is 6.29 Å². The van der Waals surface area contributed by atoms with Crippen molar-refractivity contribution in [3.05, 3.63) is 0 Å². The molecule has 0 bridgehead atoms. The summed E-state index contributed by atoms with van der Waals surface area (Å²) >= 11 is 0. The standard InChI is InChI=1S/C9H15NO/c11-7-6-10-5-4-9(8-10)2-1-3-9/h7H,1-6,8H2. The first-order chi connectivity index (χ1) is 5.35. The zero-order chi connectivity index (χ0) is 7.73. The van der Waals surface area contributed by atoms with Crippen molar-refractivity contribution in [1.29, 1.82) is 0 Å². The maximum atomic E-state index is 10.2. The highest BCUT2D eigenvalue weighted by Crippen LogP contribution is 2.47. The van der Waals surface area contributed by atoms with Gasteiger partial charge in [-0.25, -0.2) is 0 Å². The number of nitrogens with zero attached hydrogens (tertiary/aromatic N) is 1. The van der Waals surface area contributed by atoms with Crippen molar-refractivity contribution in [1.82, 2.24) is 4.90 Å². The van der Waals surface area contributed by atoms with Crippen molar-refractivity contribution >= 4 is 6.29 Å². The number of carbonyl (C=O) groups is 1. The SMILES string of the molecule is O=CCN1CCC2(CCC2)C1. The third kappa shape index (κ3) is 1.20. The first-order valence-electron chi connectivity index (χ1n) is 4.51. The van der Waals surface area contributed by atoms with Gasteiger partial charge < -0.3 is 4.79 Å². The lowest BCUT2D eigenvalue weighted by Crippen LogP contribution is -2.33. The molecule has 0 radical (unpaired) electrons. The topological polar surface area (TPSA) is 20.3 Å². The third-order valence-corrected chi connectivity index (χ3v) is 3.26. The van der Waals surface area contributed by atoms with Gasteiger partial charge in [0, 0.05) is 6.54 Å². The van der Waals surface area contributed by atoms with Gasteiger partial charge in [-0.05, 0) is 31.2 Å². The minimum Gasteiger partial charge on any atom is -0.302 e. The Morgan fingerprint density at radius 1 is 1.36 bits per heavy atom. The highest BCUT2D eigenvalue weighted by atomic mass is 16.1. The average Bonchev–Trinajstić information content (AvgIpc) is 2.32. The zero-order valence-electron chi connectivity index (χ0n) is 6.88. The molecule has 2 fully saturated rings. The Morgan fingerprint density at radius 2 is 2.18 bits per heavy atom. The van der Waals surface area contributed by atoms with Gasteiger partial charge in [0.15, 0.2) is 0 Å². The second-order valence-electron chi connectivity index (χ2n) is 4.01. The lowest BCUT2D eigenvalue weighted by atomic mass is 9.68. The molecule has 1 aliphatic heterocycles. The summed E-state index contributed by atoms with van der Waals surface area (Å²) < 4.78 is 0. The number of hydrogen-bond donors (Lipinski definition) is 0. The minimum atomic E-state index is 0.655. The predicted molar refractivity (Wildman–Crippen MR) is 43.4 cm³/mol. The normalized spacial score (nSPS) is 28.7. The maximum Gasteiger partial charge on any atom is 0.133 e. The molecule has 1 aliphatic carbocycles. The minimum absolute atomic E-state index is 0.655. The van der Waals surface area contributed by atoms with E-state index in [0.29, 0.717) is 12.0 Å². The summed E-state index contributed by atoms with van der Waals surface area (Å²) in [5.74, 6) is 0. The molecule has 2 rings (SSSR count). The number of likely N-dealkylation sites (tertiary alicyclic amines) is 1. The molecule has 0 aromatic rings. The largest absolute Gasteiger partial charge is 0.302 e. The van der Waals surface area contributed by atoms with E-state index in [4.69, 9.17) is 0 Å². The van der Waals surface area contributed by atoms with Crippen molar-refractivity contribution in [2.24, 2.45) is 5.41 Å². The smallest absolute Gasteiger partial charge is 0.133 e. The van der Waals surface area contributed by atoms with E-state index < -0.39 is 0 Å². The van der Waals surface area contributed by atoms with Gasteiger partial charge >= 0.3 is 0 Å². The molecule has 62 valence electrons. The van der Waals surface area contributed by atoms with Crippen molar-refractivity contribution in [2.45, 2.75) is 25.7 Å². The summed E-state index contributed by atoms with van der Waals surface area (Å²) in [5.41, 5.74) is 0.656. The highest BCUT2D eigenvalue weighted by molar-refractivity contribution is 5.52. The second kappa shape index (κ2) is 2.59. The van der Waals surface area contributed by atoms with Gasteiger partial charge in [-0.3, -0.25) is 4.90 Å². The molecule has 2 nitrogen and oxygen atoms in total. The Hall–Kier alpha value is -0.370. The fourth-order valence-electron chi connectivity index (χ4n) is 2.37. The van der Waals surface area contributed by atoms with Crippen LogP contribution in [0.15, 0.2) is 0 Å². The van der Waals surface area contributed by atoms with Gasteiger partial charge in [0.25, 0.3) is 0 Å². The van der Waals surface area contributed by atoms with Crippen molar-refractivity contribution in [2.75, 3.05) is 19.6 Å². The summed E-state index contributed by atoms with van der Waals surface area (Å²) in [4.78, 5) is 12.5. The molecule has 2 heteroatoms. The van der Waals surface area contributed by atoms with Crippen LogP contribution in [0.2, 0.25) is 0 Å². The maximum absolute atomic E-state index is 10.2. The molecule has 1 heterocycles. The van der Waals surface area contributed by atoms with E-state index in [1.54, 1.807) is 0 Å². The van der Waals surface area contributed by atoms with E-state index in [1.165, 1.54) is 32.2 Å². The monoisotopic (exact) mass is 153 g/mol. The molecule has 0 aromatic carbocycles. The first-order valence-corrected chi connectivity index (χ1v) is 4.51. The Morgan fingerprint density at radius 3 is 2.64 bits per heavy atom. The fraction of sp³-hybridized carbons (Fsp3) is 0.889. The van der Waals surface area contributed by atoms with Gasteiger partial charge in [0.05, 0.1) is 6.54 Å². The number of aldehydes is 1. The van der Waals surface area contributed by atoms with Crippen molar-refractivity contribution in [3.63, 3.8) is 0 Å². The third-order valence-electron chi connectivity index (χ3n) is 3.26. The Kier molecular flexibility index (Phi) is 1.72. The molecule has 0 unspecified atom stereocenters. The van der Waals surface area contributed by atoms with Crippen LogP contribution in [0.25, 0.3) is 0 Å². The summed E-state index contributed by atoms with van der Waals surface area (Å²) in [7, 11) is 0. The van der Waals surface area contributed by atoms with Crippen LogP contribution in [0, 0.1) is 5.41 Å². The van der Waals surface area contributed by atoms with E-state index in [0.717, 1.165) is 12.8 Å². The van der Waals surface area contributed by atoms with E-state index in [2.05, 4.69) is 4.90 Å². The van der Waals surface area contributed by atoms with E-state index in [-0.39, 0.29) is 0 Å². The van der Waals surface area contributed by atoms with Crippen LogP contribution in [0.4, 0.5) is 0 Å². The Labute approximate surface area is 67.6 Å². The summed E-state index contributed by atoms with van der Waals surface area (Å²) in [5, 5.41) is 0. The van der Waals surface area contributed by atoms with Gasteiger partial charge in [-0.1, -0.05) is 6.42 Å². The van der Waals surface area contributed by atoms with Gasteiger partial charge in [0.2, 0.25) is 0 Å². The number of hydrogen-bond acceptors (Lipinski definition) is 2. The predicted octanol–water partition coefficient (Wildman–Crippen LogP) is 1.06. The fourth-order valence-corrected chi connectivity index (χ4v) is 2.37. The number of rotatable bonds is 2. The van der Waals surface area contributed by atoms with Crippen LogP contribution in [-0.2, 0) is 4.79 Å². The van der Waals surface area contributed by atoms with Crippen molar-refractivity contribution in [3.8, 4) is 0 Å². The summed E-state index contributed by atoms with van der Waals surface area (Å²) in [6.45, 7) is 2.99. The van der Waals surface area contributed by atoms with E-state index in [1.807, 2.05) is 0 Å². The van der Waals surface area contributed by atoms with Gasteiger partial charge in [-0.2, -0.15) is 0 Å². The second-order valence-corrected chi connectivity index (χ2v) is 4.01. The van der Waals surface area contributed by atoms with E-state index in [9.17, 15) is 4.79 Å². The molecule has 1 saturated heterocycles. The zero-order valence-corrected chi connectivity index (χ0v) is 6.88. The van der Waals surface area contributed by atoms with Gasteiger partial charge in [-0.15, -0.1) is 0 Å². The number of carbonyl (C=O) groups excluding carboxylic acids is 1. The molecule has 11 heavy (non-hydrogen) atoms. The van der Waals surface area contributed by atoms with Crippen LogP contribution < -0.4 is 0 Å². The average molecular weight is 153 g/mol. The van der Waals surface area contributed by atoms with Crippen LogP contribution >= 0.6 is 0 Å². The quantitative estimate of drug-likeness (QED) is 0.553. The van der Waals surface area contributed by atoms with Crippen LogP contribution in [-0.4, -0.2) is 30.8 Å².